The molecule has 0 N–H and O–H groups in total. The quantitative estimate of drug-likeness (QED) is 0.394. The summed E-state index contributed by atoms with van der Waals surface area (Å²) >= 11 is 0. The molecule has 40 heavy (non-hydrogen) atoms. The van der Waals surface area contributed by atoms with Crippen LogP contribution in [0.25, 0.3) is 0 Å². The molecule has 0 spiro atoms. The van der Waals surface area contributed by atoms with E-state index >= 15 is 0 Å². The Morgan fingerprint density at radius 2 is 1.75 bits per heavy atom. The van der Waals surface area contributed by atoms with E-state index in [1.54, 1.807) is 19.1 Å². The number of ketones is 2. The Balaban J connectivity index is 1.37. The summed E-state index contributed by atoms with van der Waals surface area (Å²) in [6, 6.07) is 15.9. The predicted octanol–water partition coefficient (Wildman–Crippen LogP) is 6.94. The largest absolute Gasteiger partial charge is 0.450 e. The maximum atomic E-state index is 14.7. The van der Waals surface area contributed by atoms with Gasteiger partial charge in [-0.05, 0) is 90.7 Å². The molecule has 0 amide bonds. The summed E-state index contributed by atoms with van der Waals surface area (Å²) in [7, 11) is 0. The summed E-state index contributed by atoms with van der Waals surface area (Å²) in [6.45, 7) is 6.16. The molecule has 208 valence electrons. The average molecular weight is 541 g/mol. The van der Waals surface area contributed by atoms with Crippen LogP contribution >= 0.6 is 0 Å². The number of hydrogen-bond donors (Lipinski definition) is 0. The van der Waals surface area contributed by atoms with Crippen LogP contribution in [0, 0.1) is 34.4 Å². The molecule has 2 aromatic rings. The van der Waals surface area contributed by atoms with Crippen LogP contribution in [0.2, 0.25) is 0 Å². The highest BCUT2D eigenvalue weighted by atomic mass is 19.1. The first-order chi connectivity index (χ1) is 19.0. The van der Waals surface area contributed by atoms with E-state index in [4.69, 9.17) is 4.74 Å². The van der Waals surface area contributed by atoms with Gasteiger partial charge in [0.15, 0.2) is 17.2 Å². The van der Waals surface area contributed by atoms with Crippen molar-refractivity contribution in [3.05, 3.63) is 95.3 Å². The molecule has 2 fully saturated rings. The number of esters is 1. The maximum absolute atomic E-state index is 14.7. The van der Waals surface area contributed by atoms with Crippen molar-refractivity contribution in [3.8, 4) is 0 Å². The number of carbonyl (C=O) groups excluding carboxylic acids is 3. The molecule has 0 heterocycles. The second kappa shape index (κ2) is 9.64. The second-order valence-corrected chi connectivity index (χ2v) is 13.0. The van der Waals surface area contributed by atoms with Gasteiger partial charge < -0.3 is 4.74 Å². The van der Waals surface area contributed by atoms with Gasteiger partial charge >= 0.3 is 5.97 Å². The van der Waals surface area contributed by atoms with Gasteiger partial charge in [-0.15, -0.1) is 0 Å². The van der Waals surface area contributed by atoms with Crippen molar-refractivity contribution in [2.75, 3.05) is 0 Å². The summed E-state index contributed by atoms with van der Waals surface area (Å²) < 4.78 is 20.0. The number of hydrogen-bond acceptors (Lipinski definition) is 4. The molecule has 5 heteroatoms. The number of rotatable bonds is 4. The number of fused-ring (bicyclic) bond motifs is 5. The number of ether oxygens (including phenoxy) is 1. The van der Waals surface area contributed by atoms with Crippen LogP contribution in [0.1, 0.15) is 69.9 Å². The van der Waals surface area contributed by atoms with Gasteiger partial charge in [0.25, 0.3) is 0 Å². The van der Waals surface area contributed by atoms with Gasteiger partial charge in [-0.2, -0.15) is 0 Å². The highest BCUT2D eigenvalue weighted by Crippen LogP contribution is 2.64. The molecule has 2 saturated carbocycles. The van der Waals surface area contributed by atoms with Crippen LogP contribution in [0.5, 0.6) is 0 Å². The van der Waals surface area contributed by atoms with Crippen LogP contribution < -0.4 is 0 Å². The average Bonchev–Trinajstić information content (AvgIpc) is 2.92. The summed E-state index contributed by atoms with van der Waals surface area (Å²) in [6.07, 6.45) is 9.88. The van der Waals surface area contributed by atoms with Gasteiger partial charge in [-0.3, -0.25) is 14.4 Å². The second-order valence-electron chi connectivity index (χ2n) is 13.0. The maximum Gasteiger partial charge on any atom is 0.311 e. The van der Waals surface area contributed by atoms with E-state index in [9.17, 15) is 18.8 Å². The topological polar surface area (TPSA) is 60.4 Å². The smallest absolute Gasteiger partial charge is 0.311 e. The normalized spacial score (nSPS) is 36.6. The van der Waals surface area contributed by atoms with E-state index in [2.05, 4.69) is 26.0 Å². The molecule has 2 aromatic carbocycles. The highest BCUT2D eigenvalue weighted by molar-refractivity contribution is 5.96. The Kier molecular flexibility index (Phi) is 6.47. The van der Waals surface area contributed by atoms with Gasteiger partial charge in [0.1, 0.15) is 5.82 Å². The summed E-state index contributed by atoms with van der Waals surface area (Å²) in [4.78, 5) is 40.2. The molecule has 4 aliphatic carbocycles. The van der Waals surface area contributed by atoms with E-state index in [-0.39, 0.29) is 41.2 Å². The third kappa shape index (κ3) is 4.20. The molecule has 0 aromatic heterocycles. The third-order valence-corrected chi connectivity index (χ3v) is 10.8. The monoisotopic (exact) mass is 540 g/mol. The van der Waals surface area contributed by atoms with E-state index in [0.29, 0.717) is 17.9 Å². The lowest BCUT2D eigenvalue weighted by Gasteiger charge is -2.60. The SMILES string of the molecule is C[C@]12CCC(=O)C=C1C=C[C@@H]1[C@@H]2CC[C@]2(C)C(=O)[C@](C)(OC(=O)Cc3cccc(F)c3)[C@@H](c3ccccc3)C[C@@H]12. The molecule has 0 radical (unpaired) electrons. The van der Waals surface area contributed by atoms with E-state index in [0.717, 1.165) is 36.8 Å². The lowest BCUT2D eigenvalue weighted by atomic mass is 9.43. The van der Waals surface area contributed by atoms with E-state index in [1.807, 2.05) is 36.4 Å². The standard InChI is InChI=1S/C35H37FO4/c1-33-16-14-26(37)20-24(33)12-13-27-28(33)15-17-34(2)30(27)21-29(23-9-5-4-6-10-23)35(3,32(34)39)40-31(38)19-22-8-7-11-25(36)18-22/h4-13,18,20,27-30H,14-17,19,21H2,1-3H3/t27-,28+,29-,30+,33+,34+,35-/m1/s1. The Bertz CT molecular complexity index is 1430. The van der Waals surface area contributed by atoms with Crippen molar-refractivity contribution in [2.24, 2.45) is 28.6 Å². The molecular weight excluding hydrogens is 503 g/mol. The zero-order valence-electron chi connectivity index (χ0n) is 23.5. The van der Waals surface area contributed by atoms with E-state index < -0.39 is 22.8 Å². The van der Waals surface area contributed by atoms with Crippen LogP contribution in [-0.4, -0.2) is 23.1 Å². The fourth-order valence-electron chi connectivity index (χ4n) is 8.59. The Morgan fingerprint density at radius 3 is 2.50 bits per heavy atom. The van der Waals surface area contributed by atoms with E-state index in [1.165, 1.54) is 12.1 Å². The van der Waals surface area contributed by atoms with Gasteiger partial charge in [0.05, 0.1) is 6.42 Å². The Morgan fingerprint density at radius 1 is 0.975 bits per heavy atom. The number of allylic oxidation sites excluding steroid dienone is 4. The molecule has 0 unspecified atom stereocenters. The lowest BCUT2D eigenvalue weighted by molar-refractivity contribution is -0.187. The van der Waals surface area contributed by atoms with Crippen LogP contribution in [0.3, 0.4) is 0 Å². The fourth-order valence-corrected chi connectivity index (χ4v) is 8.59. The van der Waals surface area contributed by atoms with Crippen LogP contribution in [0.15, 0.2) is 78.4 Å². The van der Waals surface area contributed by atoms with Crippen molar-refractivity contribution in [3.63, 3.8) is 0 Å². The lowest BCUT2D eigenvalue weighted by Crippen LogP contribution is -2.63. The zero-order valence-corrected chi connectivity index (χ0v) is 23.5. The van der Waals surface area contributed by atoms with Crippen molar-refractivity contribution in [2.45, 2.75) is 70.8 Å². The van der Waals surface area contributed by atoms with Crippen molar-refractivity contribution in [1.82, 2.24) is 0 Å². The van der Waals surface area contributed by atoms with Crippen LogP contribution in [-0.2, 0) is 25.5 Å². The van der Waals surface area contributed by atoms with Gasteiger partial charge in [-0.25, -0.2) is 4.39 Å². The van der Waals surface area contributed by atoms with Crippen LogP contribution in [0.4, 0.5) is 4.39 Å². The van der Waals surface area contributed by atoms with Gasteiger partial charge in [-0.1, -0.05) is 68.5 Å². The fraction of sp³-hybridized carbons (Fsp3) is 0.457. The molecule has 4 nitrogen and oxygen atoms in total. The van der Waals surface area contributed by atoms with Crippen molar-refractivity contribution < 1.29 is 23.5 Å². The van der Waals surface area contributed by atoms with Crippen molar-refractivity contribution in [1.29, 1.82) is 0 Å². The van der Waals surface area contributed by atoms with Gasteiger partial charge in [0, 0.05) is 17.8 Å². The first-order valence-electron chi connectivity index (χ1n) is 14.5. The Hall–Kier alpha value is -3.34. The van der Waals surface area contributed by atoms with Gasteiger partial charge in [0.2, 0.25) is 0 Å². The molecule has 0 aliphatic heterocycles. The summed E-state index contributed by atoms with van der Waals surface area (Å²) in [5, 5.41) is 0. The Labute approximate surface area is 235 Å². The number of halogens is 1. The molecule has 0 saturated heterocycles. The minimum Gasteiger partial charge on any atom is -0.450 e. The first kappa shape index (κ1) is 26.9. The number of Topliss-reactive ketones (excluding diaryl/α,β-unsaturated/α-hetero) is 1. The number of carbonyl (C=O) groups is 3. The molecular formula is C35H37FO4. The minimum atomic E-state index is -1.34. The predicted molar refractivity (Wildman–Crippen MR) is 151 cm³/mol. The third-order valence-electron chi connectivity index (χ3n) is 10.8. The highest BCUT2D eigenvalue weighted by Gasteiger charge is 2.65. The number of benzene rings is 2. The molecule has 0 bridgehead atoms. The minimum absolute atomic E-state index is 0.0186. The molecule has 7 atom stereocenters. The van der Waals surface area contributed by atoms with Crippen molar-refractivity contribution >= 4 is 17.5 Å². The summed E-state index contributed by atoms with van der Waals surface area (Å²) in [5.41, 5.74) is 0.578. The zero-order chi connectivity index (χ0) is 28.3. The molecule has 6 rings (SSSR count). The summed E-state index contributed by atoms with van der Waals surface area (Å²) in [5.74, 6) is -0.402. The molecule has 4 aliphatic rings. The first-order valence-corrected chi connectivity index (χ1v) is 14.5.